The van der Waals surface area contributed by atoms with Crippen molar-refractivity contribution in [3.63, 3.8) is 0 Å². The van der Waals surface area contributed by atoms with Crippen LogP contribution >= 0.6 is 0 Å². The topological polar surface area (TPSA) is 35.5 Å². The summed E-state index contributed by atoms with van der Waals surface area (Å²) >= 11 is 0. The second-order valence-corrected chi connectivity index (χ2v) is 8.95. The lowest BCUT2D eigenvalue weighted by atomic mass is 9.52. The number of carbonyl (C=O) groups is 1. The van der Waals surface area contributed by atoms with Crippen molar-refractivity contribution in [2.45, 2.75) is 63.9 Å². The van der Waals surface area contributed by atoms with Crippen LogP contribution in [0.5, 0.6) is 5.75 Å². The smallest absolute Gasteiger partial charge is 0.308 e. The minimum atomic E-state index is -0.245. The number of carbonyl (C=O) groups excluding carboxylic acids is 1. The molecule has 0 radical (unpaired) electrons. The molecule has 3 aliphatic carbocycles. The van der Waals surface area contributed by atoms with Gasteiger partial charge < -0.3 is 9.47 Å². The molecule has 0 aromatic heterocycles. The number of rotatable bonds is 1. The van der Waals surface area contributed by atoms with Crippen molar-refractivity contribution in [1.29, 1.82) is 0 Å². The number of hydrogen-bond donors (Lipinski definition) is 0. The van der Waals surface area contributed by atoms with Gasteiger partial charge in [0.05, 0.1) is 5.60 Å². The highest BCUT2D eigenvalue weighted by molar-refractivity contribution is 5.69. The molecule has 1 heterocycles. The monoisotopic (exact) mass is 352 g/mol. The Morgan fingerprint density at radius 3 is 2.92 bits per heavy atom. The summed E-state index contributed by atoms with van der Waals surface area (Å²) in [4.78, 5) is 11.3. The number of aryl methyl sites for hydroxylation is 1. The molecule has 1 saturated heterocycles. The average Bonchev–Trinajstić information content (AvgIpc) is 3.21. The zero-order valence-electron chi connectivity index (χ0n) is 15.8. The first-order valence-electron chi connectivity index (χ1n) is 10.2. The summed E-state index contributed by atoms with van der Waals surface area (Å²) in [6.07, 6.45) is 12.1. The highest BCUT2D eigenvalue weighted by Gasteiger charge is 2.61. The maximum Gasteiger partial charge on any atom is 0.308 e. The van der Waals surface area contributed by atoms with Crippen molar-refractivity contribution in [2.24, 2.45) is 17.3 Å². The zero-order chi connectivity index (χ0) is 17.9. The SMILES string of the molecule is CC(=O)Oc1ccc2c(c1)CCC1C2CC[C@@]2(C)C1C=CC21CCCO1. The lowest BCUT2D eigenvalue weighted by molar-refractivity contribution is -0.131. The van der Waals surface area contributed by atoms with Crippen molar-refractivity contribution in [2.75, 3.05) is 6.61 Å². The maximum atomic E-state index is 11.3. The van der Waals surface area contributed by atoms with Gasteiger partial charge >= 0.3 is 5.97 Å². The molecule has 0 amide bonds. The number of esters is 1. The zero-order valence-corrected chi connectivity index (χ0v) is 15.8. The van der Waals surface area contributed by atoms with Crippen LogP contribution in [0.3, 0.4) is 0 Å². The lowest BCUT2D eigenvalue weighted by Crippen LogP contribution is -2.51. The van der Waals surface area contributed by atoms with E-state index in [9.17, 15) is 4.79 Å². The van der Waals surface area contributed by atoms with Gasteiger partial charge in [-0.1, -0.05) is 25.1 Å². The van der Waals surface area contributed by atoms with Gasteiger partial charge in [-0.15, -0.1) is 0 Å². The Labute approximate surface area is 155 Å². The molecule has 5 atom stereocenters. The quantitative estimate of drug-likeness (QED) is 0.414. The van der Waals surface area contributed by atoms with Gasteiger partial charge in [-0.25, -0.2) is 0 Å². The molecule has 1 aliphatic heterocycles. The highest BCUT2D eigenvalue weighted by atomic mass is 16.5. The van der Waals surface area contributed by atoms with Crippen molar-refractivity contribution in [1.82, 2.24) is 0 Å². The van der Waals surface area contributed by atoms with E-state index in [1.54, 1.807) is 0 Å². The Kier molecular flexibility index (Phi) is 3.62. The predicted octanol–water partition coefficient (Wildman–Crippen LogP) is 4.79. The molecule has 1 aromatic carbocycles. The van der Waals surface area contributed by atoms with Crippen LogP contribution in [0.4, 0.5) is 0 Å². The Morgan fingerprint density at radius 1 is 1.27 bits per heavy atom. The molecule has 3 heteroatoms. The van der Waals surface area contributed by atoms with E-state index < -0.39 is 0 Å². The maximum absolute atomic E-state index is 11.3. The summed E-state index contributed by atoms with van der Waals surface area (Å²) in [7, 11) is 0. The fourth-order valence-electron chi connectivity index (χ4n) is 6.58. The first-order valence-corrected chi connectivity index (χ1v) is 10.2. The van der Waals surface area contributed by atoms with Gasteiger partial charge in [-0.05, 0) is 79.5 Å². The van der Waals surface area contributed by atoms with E-state index in [1.165, 1.54) is 50.2 Å². The Bertz CT molecular complexity index is 774. The molecule has 1 spiro atoms. The Balaban J connectivity index is 1.45. The molecular weight excluding hydrogens is 324 g/mol. The van der Waals surface area contributed by atoms with Crippen LogP contribution in [0.25, 0.3) is 0 Å². The lowest BCUT2D eigenvalue weighted by Gasteiger charge is -2.53. The third-order valence-corrected chi connectivity index (χ3v) is 7.80. The predicted molar refractivity (Wildman–Crippen MR) is 100 cm³/mol. The van der Waals surface area contributed by atoms with E-state index in [-0.39, 0.29) is 17.0 Å². The standard InChI is InChI=1S/C23H28O3/c1-15(24)26-17-5-7-18-16(14-17)4-6-20-19(18)8-11-22(2)21(20)9-12-23(22)10-3-13-25-23/h5,7,9,12,14,19-21H,3-4,6,8,10-11,13H2,1-2H3/t19?,20?,21?,22-,23?/m0/s1. The first-order chi connectivity index (χ1) is 12.5. The van der Waals surface area contributed by atoms with E-state index in [2.05, 4.69) is 31.2 Å². The third kappa shape index (κ3) is 2.19. The number of allylic oxidation sites excluding steroid dienone is 1. The van der Waals surface area contributed by atoms with E-state index in [4.69, 9.17) is 9.47 Å². The molecule has 2 fully saturated rings. The van der Waals surface area contributed by atoms with E-state index in [0.717, 1.165) is 13.0 Å². The van der Waals surface area contributed by atoms with Crippen molar-refractivity contribution >= 4 is 5.97 Å². The Morgan fingerprint density at radius 2 is 2.15 bits per heavy atom. The minimum Gasteiger partial charge on any atom is -0.427 e. The molecule has 0 N–H and O–H groups in total. The molecule has 1 aromatic rings. The van der Waals surface area contributed by atoms with Crippen LogP contribution in [-0.4, -0.2) is 18.2 Å². The van der Waals surface area contributed by atoms with Crippen LogP contribution in [0, 0.1) is 17.3 Å². The van der Waals surface area contributed by atoms with Crippen LogP contribution in [-0.2, 0) is 16.0 Å². The van der Waals surface area contributed by atoms with Gasteiger partial charge in [0.25, 0.3) is 0 Å². The van der Waals surface area contributed by atoms with Gasteiger partial charge in [0, 0.05) is 18.9 Å². The van der Waals surface area contributed by atoms with E-state index >= 15 is 0 Å². The number of benzene rings is 1. The fraction of sp³-hybridized carbons (Fsp3) is 0.609. The molecule has 26 heavy (non-hydrogen) atoms. The van der Waals surface area contributed by atoms with Crippen LogP contribution in [0.2, 0.25) is 0 Å². The summed E-state index contributed by atoms with van der Waals surface area (Å²) in [5.74, 6) is 2.41. The average molecular weight is 352 g/mol. The molecule has 1 saturated carbocycles. The van der Waals surface area contributed by atoms with Crippen molar-refractivity contribution < 1.29 is 14.3 Å². The summed E-state index contributed by atoms with van der Waals surface area (Å²) in [5.41, 5.74) is 3.13. The fourth-order valence-corrected chi connectivity index (χ4v) is 6.58. The summed E-state index contributed by atoms with van der Waals surface area (Å²) < 4.78 is 11.6. The molecule has 4 unspecified atom stereocenters. The van der Waals surface area contributed by atoms with Crippen molar-refractivity contribution in [3.8, 4) is 5.75 Å². The number of fused-ring (bicyclic) bond motifs is 6. The molecule has 0 bridgehead atoms. The van der Waals surface area contributed by atoms with Gasteiger partial charge in [-0.3, -0.25) is 4.79 Å². The van der Waals surface area contributed by atoms with Crippen LogP contribution in [0.15, 0.2) is 30.4 Å². The molecule has 3 nitrogen and oxygen atoms in total. The highest BCUT2D eigenvalue weighted by Crippen LogP contribution is 2.64. The second kappa shape index (κ2) is 5.69. The number of ether oxygens (including phenoxy) is 2. The molecular formula is C23H28O3. The number of hydrogen-bond acceptors (Lipinski definition) is 3. The second-order valence-electron chi connectivity index (χ2n) is 8.95. The largest absolute Gasteiger partial charge is 0.427 e. The van der Waals surface area contributed by atoms with Gasteiger partial charge in [-0.2, -0.15) is 0 Å². The molecule has 138 valence electrons. The molecule has 4 aliphatic rings. The third-order valence-electron chi connectivity index (χ3n) is 7.80. The van der Waals surface area contributed by atoms with Crippen molar-refractivity contribution in [3.05, 3.63) is 41.5 Å². The van der Waals surface area contributed by atoms with Gasteiger partial charge in [0.15, 0.2) is 0 Å². The van der Waals surface area contributed by atoms with E-state index in [1.807, 2.05) is 6.07 Å². The van der Waals surface area contributed by atoms with Gasteiger partial charge in [0.1, 0.15) is 5.75 Å². The van der Waals surface area contributed by atoms with Gasteiger partial charge in [0.2, 0.25) is 0 Å². The van der Waals surface area contributed by atoms with Crippen LogP contribution < -0.4 is 4.74 Å². The minimum absolute atomic E-state index is 0.00208. The van der Waals surface area contributed by atoms with E-state index in [0.29, 0.717) is 23.5 Å². The van der Waals surface area contributed by atoms with Crippen LogP contribution in [0.1, 0.15) is 63.0 Å². The summed E-state index contributed by atoms with van der Waals surface area (Å²) in [6.45, 7) is 4.87. The summed E-state index contributed by atoms with van der Waals surface area (Å²) in [5, 5.41) is 0. The first kappa shape index (κ1) is 16.6. The molecule has 5 rings (SSSR count). The summed E-state index contributed by atoms with van der Waals surface area (Å²) in [6, 6.07) is 6.28. The Hall–Kier alpha value is -1.61. The normalized spacial score (nSPS) is 40.2.